The summed E-state index contributed by atoms with van der Waals surface area (Å²) in [5.74, 6) is -0.813. The van der Waals surface area contributed by atoms with Gasteiger partial charge >= 0.3 is 5.97 Å². The number of nitrogens with zero attached hydrogens (tertiary/aromatic N) is 1. The quantitative estimate of drug-likeness (QED) is 0.611. The van der Waals surface area contributed by atoms with Crippen LogP contribution in [0.4, 0.5) is 11.4 Å². The second-order valence-electron chi connectivity index (χ2n) is 6.96. The molecule has 4 rings (SSSR count). The third-order valence-electron chi connectivity index (χ3n) is 5.10. The molecule has 1 aliphatic rings. The highest BCUT2D eigenvalue weighted by molar-refractivity contribution is 7.91. The van der Waals surface area contributed by atoms with Crippen molar-refractivity contribution in [2.45, 2.75) is 12.7 Å². The van der Waals surface area contributed by atoms with Crippen molar-refractivity contribution in [2.75, 3.05) is 23.3 Å². The SMILES string of the molecule is CCN1C(=O)c2cccc3c(NS(=O)(=O)Cc4ccc(C(=O)OC)cc4)ccc1c23. The van der Waals surface area contributed by atoms with Gasteiger partial charge in [-0.05, 0) is 42.8 Å². The van der Waals surface area contributed by atoms with E-state index in [0.29, 0.717) is 34.3 Å². The number of anilines is 2. The molecule has 0 unspecified atom stereocenters. The number of amides is 1. The largest absolute Gasteiger partial charge is 0.465 e. The lowest BCUT2D eigenvalue weighted by molar-refractivity contribution is 0.0600. The number of nitrogens with one attached hydrogen (secondary N) is 1. The van der Waals surface area contributed by atoms with Crippen molar-refractivity contribution in [3.63, 3.8) is 0 Å². The van der Waals surface area contributed by atoms with Crippen LogP contribution < -0.4 is 9.62 Å². The number of sulfonamides is 1. The summed E-state index contributed by atoms with van der Waals surface area (Å²) in [6, 6.07) is 15.0. The Morgan fingerprint density at radius 3 is 2.47 bits per heavy atom. The summed E-state index contributed by atoms with van der Waals surface area (Å²) in [5, 5.41) is 1.44. The molecule has 1 heterocycles. The van der Waals surface area contributed by atoms with Gasteiger partial charge in [-0.3, -0.25) is 9.52 Å². The molecular weight excluding hydrogens is 404 g/mol. The van der Waals surface area contributed by atoms with Gasteiger partial charge in [-0.1, -0.05) is 24.3 Å². The first kappa shape index (κ1) is 19.9. The van der Waals surface area contributed by atoms with Crippen LogP contribution >= 0.6 is 0 Å². The van der Waals surface area contributed by atoms with Crippen molar-refractivity contribution < 1.29 is 22.7 Å². The van der Waals surface area contributed by atoms with E-state index >= 15 is 0 Å². The molecule has 0 radical (unpaired) electrons. The monoisotopic (exact) mass is 424 g/mol. The van der Waals surface area contributed by atoms with E-state index in [1.54, 1.807) is 47.4 Å². The van der Waals surface area contributed by atoms with E-state index < -0.39 is 16.0 Å². The van der Waals surface area contributed by atoms with E-state index in [4.69, 9.17) is 0 Å². The fraction of sp³-hybridized carbons (Fsp3) is 0.182. The van der Waals surface area contributed by atoms with Gasteiger partial charge in [-0.15, -0.1) is 0 Å². The van der Waals surface area contributed by atoms with Crippen molar-refractivity contribution in [2.24, 2.45) is 0 Å². The molecule has 0 saturated carbocycles. The van der Waals surface area contributed by atoms with E-state index in [1.165, 1.54) is 19.2 Å². The minimum atomic E-state index is -3.72. The maximum Gasteiger partial charge on any atom is 0.337 e. The molecule has 0 fully saturated rings. The minimum absolute atomic E-state index is 0.0798. The average Bonchev–Trinajstić information content (AvgIpc) is 3.02. The van der Waals surface area contributed by atoms with Crippen LogP contribution in [0.3, 0.4) is 0 Å². The number of carbonyl (C=O) groups is 2. The van der Waals surface area contributed by atoms with Crippen LogP contribution in [0.25, 0.3) is 10.8 Å². The molecular formula is C22H20N2O5S. The number of benzene rings is 3. The number of carbonyl (C=O) groups excluding carboxylic acids is 2. The maximum atomic E-state index is 12.8. The average molecular weight is 424 g/mol. The zero-order valence-corrected chi connectivity index (χ0v) is 17.3. The maximum absolute atomic E-state index is 12.8. The van der Waals surface area contributed by atoms with Crippen molar-refractivity contribution in [3.8, 4) is 0 Å². The molecule has 30 heavy (non-hydrogen) atoms. The summed E-state index contributed by atoms with van der Waals surface area (Å²) in [5.41, 5.74) is 2.67. The van der Waals surface area contributed by atoms with Crippen molar-refractivity contribution in [1.29, 1.82) is 0 Å². The molecule has 0 spiro atoms. The summed E-state index contributed by atoms with van der Waals surface area (Å²) in [7, 11) is -2.43. The van der Waals surface area contributed by atoms with E-state index in [-0.39, 0.29) is 11.7 Å². The highest BCUT2D eigenvalue weighted by atomic mass is 32.2. The third kappa shape index (κ3) is 3.39. The Hall–Kier alpha value is -3.39. The summed E-state index contributed by atoms with van der Waals surface area (Å²) in [4.78, 5) is 25.8. The van der Waals surface area contributed by atoms with Crippen LogP contribution in [0.5, 0.6) is 0 Å². The van der Waals surface area contributed by atoms with Gasteiger partial charge in [-0.2, -0.15) is 0 Å². The van der Waals surface area contributed by atoms with Gasteiger partial charge in [0.2, 0.25) is 10.0 Å². The van der Waals surface area contributed by atoms with Crippen LogP contribution in [0.2, 0.25) is 0 Å². The Kier molecular flexibility index (Phi) is 4.95. The molecule has 0 atom stereocenters. The summed E-state index contributed by atoms with van der Waals surface area (Å²) in [6.07, 6.45) is 0. The standard InChI is InChI=1S/C22H20N2O5S/c1-3-24-19-12-11-18(16-5-4-6-17(20(16)19)21(24)25)23-30(27,28)13-14-7-9-15(10-8-14)22(26)29-2/h4-12,23H,3,13H2,1-2H3. The highest BCUT2D eigenvalue weighted by Gasteiger charge is 2.29. The van der Waals surface area contributed by atoms with Gasteiger partial charge in [0.15, 0.2) is 0 Å². The van der Waals surface area contributed by atoms with Crippen molar-refractivity contribution in [3.05, 3.63) is 71.3 Å². The first-order valence-corrected chi connectivity index (χ1v) is 11.0. The van der Waals surface area contributed by atoms with Gasteiger partial charge < -0.3 is 9.64 Å². The van der Waals surface area contributed by atoms with Gasteiger partial charge in [0.25, 0.3) is 5.91 Å². The summed E-state index contributed by atoms with van der Waals surface area (Å²) >= 11 is 0. The van der Waals surface area contributed by atoms with Crippen LogP contribution in [0, 0.1) is 0 Å². The molecule has 0 aliphatic carbocycles. The predicted molar refractivity (Wildman–Crippen MR) is 115 cm³/mol. The van der Waals surface area contributed by atoms with Crippen LogP contribution in [0.1, 0.15) is 33.2 Å². The van der Waals surface area contributed by atoms with Gasteiger partial charge in [0.1, 0.15) is 0 Å². The van der Waals surface area contributed by atoms with Crippen molar-refractivity contribution in [1.82, 2.24) is 0 Å². The van der Waals surface area contributed by atoms with Crippen LogP contribution in [-0.4, -0.2) is 33.9 Å². The number of methoxy groups -OCH3 is 1. The molecule has 1 amide bonds. The Morgan fingerprint density at radius 1 is 1.07 bits per heavy atom. The van der Waals surface area contributed by atoms with E-state index in [1.807, 2.05) is 6.92 Å². The molecule has 0 bridgehead atoms. The van der Waals surface area contributed by atoms with Gasteiger partial charge in [0.05, 0.1) is 29.8 Å². The molecule has 8 heteroatoms. The Bertz CT molecular complexity index is 1270. The zero-order chi connectivity index (χ0) is 21.5. The lowest BCUT2D eigenvalue weighted by atomic mass is 10.0. The van der Waals surface area contributed by atoms with E-state index in [0.717, 1.165) is 11.1 Å². The number of ether oxygens (including phenoxy) is 1. The predicted octanol–water partition coefficient (Wildman–Crippen LogP) is 3.55. The molecule has 7 nitrogen and oxygen atoms in total. The summed E-state index contributed by atoms with van der Waals surface area (Å²) < 4.78 is 32.8. The molecule has 0 aromatic heterocycles. The van der Waals surface area contributed by atoms with E-state index in [2.05, 4.69) is 9.46 Å². The Balaban J connectivity index is 1.64. The molecule has 1 aliphatic heterocycles. The zero-order valence-electron chi connectivity index (χ0n) is 16.5. The normalized spacial score (nSPS) is 13.0. The second kappa shape index (κ2) is 7.46. The number of hydrogen-bond donors (Lipinski definition) is 1. The topological polar surface area (TPSA) is 92.8 Å². The van der Waals surface area contributed by atoms with Crippen molar-refractivity contribution >= 4 is 44.0 Å². The number of rotatable bonds is 6. The van der Waals surface area contributed by atoms with E-state index in [9.17, 15) is 18.0 Å². The lowest BCUT2D eigenvalue weighted by Crippen LogP contribution is -2.25. The van der Waals surface area contributed by atoms with Gasteiger partial charge in [-0.25, -0.2) is 13.2 Å². The number of hydrogen-bond acceptors (Lipinski definition) is 5. The minimum Gasteiger partial charge on any atom is -0.465 e. The fourth-order valence-electron chi connectivity index (χ4n) is 3.73. The second-order valence-corrected chi connectivity index (χ2v) is 8.68. The molecule has 0 saturated heterocycles. The van der Waals surface area contributed by atoms with Gasteiger partial charge in [0, 0.05) is 22.9 Å². The lowest BCUT2D eigenvalue weighted by Gasteiger charge is -2.16. The summed E-state index contributed by atoms with van der Waals surface area (Å²) in [6.45, 7) is 2.44. The van der Waals surface area contributed by atoms with Crippen LogP contribution in [0.15, 0.2) is 54.6 Å². The molecule has 3 aromatic rings. The number of esters is 1. The molecule has 1 N–H and O–H groups in total. The first-order valence-electron chi connectivity index (χ1n) is 9.40. The smallest absolute Gasteiger partial charge is 0.337 e. The fourth-order valence-corrected chi connectivity index (χ4v) is 4.94. The highest BCUT2D eigenvalue weighted by Crippen LogP contribution is 2.40. The Morgan fingerprint density at radius 2 is 1.80 bits per heavy atom. The first-order chi connectivity index (χ1) is 14.3. The molecule has 3 aromatic carbocycles. The van der Waals surface area contributed by atoms with Crippen LogP contribution in [-0.2, 0) is 20.5 Å². The third-order valence-corrected chi connectivity index (χ3v) is 6.34. The molecule has 154 valence electrons. The Labute approximate surface area is 174 Å².